The third-order valence-corrected chi connectivity index (χ3v) is 2.50. The van der Waals surface area contributed by atoms with Crippen molar-refractivity contribution in [2.24, 2.45) is 11.7 Å². The second kappa shape index (κ2) is 6.76. The maximum atomic E-state index is 11.5. The largest absolute Gasteiger partial charge is 0.383 e. The van der Waals surface area contributed by atoms with Gasteiger partial charge in [0.25, 0.3) is 0 Å². The van der Waals surface area contributed by atoms with Crippen LogP contribution in [0.1, 0.15) is 12.8 Å². The number of carbonyl (C=O) groups is 1. The minimum absolute atomic E-state index is 0.00451. The summed E-state index contributed by atoms with van der Waals surface area (Å²) in [6.07, 6.45) is 1.57. The fourth-order valence-electron chi connectivity index (χ4n) is 1.56. The molecule has 1 saturated heterocycles. The lowest BCUT2D eigenvalue weighted by Gasteiger charge is -2.12. The van der Waals surface area contributed by atoms with Crippen LogP contribution in [0.3, 0.4) is 0 Å². The molecule has 15 heavy (non-hydrogen) atoms. The first-order valence-corrected chi connectivity index (χ1v) is 5.34. The van der Waals surface area contributed by atoms with Crippen LogP contribution in [0.15, 0.2) is 0 Å². The van der Waals surface area contributed by atoms with Gasteiger partial charge < -0.3 is 20.5 Å². The van der Waals surface area contributed by atoms with Gasteiger partial charge in [-0.05, 0) is 12.8 Å². The van der Waals surface area contributed by atoms with Crippen LogP contribution in [-0.2, 0) is 14.3 Å². The summed E-state index contributed by atoms with van der Waals surface area (Å²) in [4.78, 5) is 11.5. The van der Waals surface area contributed by atoms with Gasteiger partial charge in [-0.25, -0.2) is 0 Å². The summed E-state index contributed by atoms with van der Waals surface area (Å²) in [6, 6.07) is -0.00451. The Bertz CT molecular complexity index is 193. The number of nitrogens with one attached hydrogen (secondary N) is 1. The molecule has 1 aliphatic heterocycles. The van der Waals surface area contributed by atoms with Gasteiger partial charge in [-0.15, -0.1) is 0 Å². The van der Waals surface area contributed by atoms with E-state index < -0.39 is 0 Å². The smallest absolute Gasteiger partial charge is 0.225 e. The van der Waals surface area contributed by atoms with Crippen molar-refractivity contribution >= 4 is 5.91 Å². The highest BCUT2D eigenvalue weighted by Crippen LogP contribution is 2.11. The highest BCUT2D eigenvalue weighted by molar-refractivity contribution is 5.78. The van der Waals surface area contributed by atoms with E-state index in [4.69, 9.17) is 15.2 Å². The van der Waals surface area contributed by atoms with Gasteiger partial charge >= 0.3 is 0 Å². The van der Waals surface area contributed by atoms with Crippen LogP contribution in [0.4, 0.5) is 0 Å². The molecule has 0 spiro atoms. The zero-order chi connectivity index (χ0) is 11.1. The highest BCUT2D eigenvalue weighted by atomic mass is 16.5. The Morgan fingerprint density at radius 3 is 3.13 bits per heavy atom. The van der Waals surface area contributed by atoms with Crippen LogP contribution in [0.5, 0.6) is 0 Å². The number of ether oxygens (including phenoxy) is 2. The number of hydrogen-bond acceptors (Lipinski definition) is 4. The van der Waals surface area contributed by atoms with Crippen molar-refractivity contribution in [2.45, 2.75) is 18.9 Å². The molecule has 2 unspecified atom stereocenters. The molecule has 1 fully saturated rings. The molecular weight excluding hydrogens is 196 g/mol. The fourth-order valence-corrected chi connectivity index (χ4v) is 1.56. The molecule has 1 rings (SSSR count). The van der Waals surface area contributed by atoms with Gasteiger partial charge in [0.15, 0.2) is 0 Å². The topological polar surface area (TPSA) is 73.6 Å². The molecule has 0 radical (unpaired) electrons. The van der Waals surface area contributed by atoms with Gasteiger partial charge in [0.1, 0.15) is 0 Å². The van der Waals surface area contributed by atoms with E-state index in [1.807, 2.05) is 0 Å². The van der Waals surface area contributed by atoms with E-state index in [9.17, 15) is 4.79 Å². The van der Waals surface area contributed by atoms with Gasteiger partial charge in [0.2, 0.25) is 5.91 Å². The third kappa shape index (κ3) is 4.59. The summed E-state index contributed by atoms with van der Waals surface area (Å²) in [5.41, 5.74) is 5.72. The molecule has 5 heteroatoms. The van der Waals surface area contributed by atoms with Gasteiger partial charge in [-0.1, -0.05) is 0 Å². The second-order valence-corrected chi connectivity index (χ2v) is 3.86. The molecule has 0 saturated carbocycles. The van der Waals surface area contributed by atoms with Crippen molar-refractivity contribution in [2.75, 3.05) is 33.5 Å². The van der Waals surface area contributed by atoms with E-state index in [-0.39, 0.29) is 17.9 Å². The molecule has 1 aliphatic rings. The predicted molar refractivity (Wildman–Crippen MR) is 56.4 cm³/mol. The Morgan fingerprint density at radius 2 is 2.53 bits per heavy atom. The third-order valence-electron chi connectivity index (χ3n) is 2.50. The van der Waals surface area contributed by atoms with Crippen molar-refractivity contribution in [3.63, 3.8) is 0 Å². The van der Waals surface area contributed by atoms with E-state index in [1.165, 1.54) is 0 Å². The highest BCUT2D eigenvalue weighted by Gasteiger charge is 2.22. The first kappa shape index (κ1) is 12.4. The summed E-state index contributed by atoms with van der Waals surface area (Å²) in [6.45, 7) is 2.39. The molecule has 0 aromatic heterocycles. The van der Waals surface area contributed by atoms with Crippen molar-refractivity contribution in [3.8, 4) is 0 Å². The maximum Gasteiger partial charge on any atom is 0.225 e. The average molecular weight is 216 g/mol. The van der Waals surface area contributed by atoms with Crippen molar-refractivity contribution in [3.05, 3.63) is 0 Å². The van der Waals surface area contributed by atoms with Crippen LogP contribution in [0.2, 0.25) is 0 Å². The Balaban J connectivity index is 2.06. The first-order valence-electron chi connectivity index (χ1n) is 5.34. The van der Waals surface area contributed by atoms with Crippen molar-refractivity contribution < 1.29 is 14.3 Å². The van der Waals surface area contributed by atoms with E-state index >= 15 is 0 Å². The first-order chi connectivity index (χ1) is 7.24. The Morgan fingerprint density at radius 1 is 1.73 bits per heavy atom. The maximum absolute atomic E-state index is 11.5. The molecule has 88 valence electrons. The summed E-state index contributed by atoms with van der Waals surface area (Å²) in [7, 11) is 1.62. The molecule has 0 aliphatic carbocycles. The molecule has 2 atom stereocenters. The molecule has 0 aromatic rings. The molecule has 5 nitrogen and oxygen atoms in total. The zero-order valence-electron chi connectivity index (χ0n) is 9.20. The number of nitrogens with two attached hydrogens (primary N) is 1. The minimum Gasteiger partial charge on any atom is -0.383 e. The van der Waals surface area contributed by atoms with Crippen LogP contribution in [0.25, 0.3) is 0 Å². The lowest BCUT2D eigenvalue weighted by molar-refractivity contribution is -0.124. The Kier molecular flexibility index (Phi) is 5.60. The number of hydrogen-bond donors (Lipinski definition) is 2. The molecule has 0 aromatic carbocycles. The van der Waals surface area contributed by atoms with E-state index in [2.05, 4.69) is 5.32 Å². The van der Waals surface area contributed by atoms with Crippen LogP contribution < -0.4 is 11.1 Å². The van der Waals surface area contributed by atoms with E-state index in [1.54, 1.807) is 7.11 Å². The summed E-state index contributed by atoms with van der Waals surface area (Å²) >= 11 is 0. The Labute approximate surface area is 90.3 Å². The number of amides is 1. The molecule has 3 N–H and O–H groups in total. The SMILES string of the molecule is COCC(N)CCNC(=O)C1CCOC1. The fraction of sp³-hybridized carbons (Fsp3) is 0.900. The van der Waals surface area contributed by atoms with Gasteiger partial charge in [-0.3, -0.25) is 4.79 Å². The zero-order valence-corrected chi connectivity index (χ0v) is 9.20. The quantitative estimate of drug-likeness (QED) is 0.628. The normalized spacial score (nSPS) is 22.7. The molecule has 0 bridgehead atoms. The molecular formula is C10H20N2O3. The lowest BCUT2D eigenvalue weighted by atomic mass is 10.1. The minimum atomic E-state index is -0.00451. The van der Waals surface area contributed by atoms with Crippen molar-refractivity contribution in [1.82, 2.24) is 5.32 Å². The van der Waals surface area contributed by atoms with E-state index in [0.717, 1.165) is 12.8 Å². The monoisotopic (exact) mass is 216 g/mol. The number of carbonyl (C=O) groups excluding carboxylic acids is 1. The number of rotatable bonds is 6. The van der Waals surface area contributed by atoms with Gasteiger partial charge in [0, 0.05) is 26.3 Å². The van der Waals surface area contributed by atoms with Crippen LogP contribution in [0, 0.1) is 5.92 Å². The summed E-state index contributed by atoms with van der Waals surface area (Å²) in [5.74, 6) is 0.112. The summed E-state index contributed by atoms with van der Waals surface area (Å²) in [5, 5.41) is 2.86. The van der Waals surface area contributed by atoms with Crippen LogP contribution >= 0.6 is 0 Å². The standard InChI is InChI=1S/C10H20N2O3/c1-14-7-9(11)2-4-12-10(13)8-3-5-15-6-8/h8-9H,2-7,11H2,1H3,(H,12,13). The van der Waals surface area contributed by atoms with Gasteiger partial charge in [-0.2, -0.15) is 0 Å². The average Bonchev–Trinajstić information content (AvgIpc) is 2.70. The number of methoxy groups -OCH3 is 1. The lowest BCUT2D eigenvalue weighted by Crippen LogP contribution is -2.36. The predicted octanol–water partition coefficient (Wildman–Crippen LogP) is -0.497. The molecule has 1 amide bonds. The van der Waals surface area contributed by atoms with Crippen LogP contribution in [-0.4, -0.2) is 45.4 Å². The second-order valence-electron chi connectivity index (χ2n) is 3.86. The van der Waals surface area contributed by atoms with Gasteiger partial charge in [0.05, 0.1) is 19.1 Å². The van der Waals surface area contributed by atoms with E-state index in [0.29, 0.717) is 26.4 Å². The Hall–Kier alpha value is -0.650. The molecule has 1 heterocycles. The summed E-state index contributed by atoms with van der Waals surface area (Å²) < 4.78 is 10.0. The van der Waals surface area contributed by atoms with Crippen molar-refractivity contribution in [1.29, 1.82) is 0 Å².